The first-order chi connectivity index (χ1) is 8.44. The molecule has 1 aliphatic heterocycles. The van der Waals surface area contributed by atoms with Crippen molar-refractivity contribution in [2.75, 3.05) is 0 Å². The molecule has 3 aliphatic rings. The maximum atomic E-state index is 11.7. The summed E-state index contributed by atoms with van der Waals surface area (Å²) in [5.41, 5.74) is 1.28. The molecule has 0 radical (unpaired) electrons. The van der Waals surface area contributed by atoms with Gasteiger partial charge in [0.2, 0.25) is 0 Å². The highest BCUT2D eigenvalue weighted by Gasteiger charge is 2.55. The Morgan fingerprint density at radius 2 is 2.22 bits per heavy atom. The molecule has 1 heterocycles. The van der Waals surface area contributed by atoms with Crippen molar-refractivity contribution in [1.82, 2.24) is 0 Å². The van der Waals surface area contributed by atoms with Crippen LogP contribution in [0.3, 0.4) is 0 Å². The molecular weight excluding hydrogens is 228 g/mol. The van der Waals surface area contributed by atoms with Gasteiger partial charge in [-0.2, -0.15) is 0 Å². The summed E-state index contributed by atoms with van der Waals surface area (Å²) in [4.78, 5) is 11.7. The van der Waals surface area contributed by atoms with E-state index < -0.39 is 6.10 Å². The first-order valence-electron chi connectivity index (χ1n) is 6.40. The van der Waals surface area contributed by atoms with E-state index in [1.807, 2.05) is 0 Å². The maximum Gasteiger partial charge on any atom is 0.334 e. The van der Waals surface area contributed by atoms with Crippen molar-refractivity contribution >= 4 is 5.97 Å². The second-order valence-corrected chi connectivity index (χ2v) is 5.90. The van der Waals surface area contributed by atoms with Gasteiger partial charge >= 0.3 is 5.97 Å². The van der Waals surface area contributed by atoms with Crippen LogP contribution in [-0.4, -0.2) is 23.3 Å². The van der Waals surface area contributed by atoms with Crippen LogP contribution in [0.2, 0.25) is 0 Å². The van der Waals surface area contributed by atoms with Crippen LogP contribution < -0.4 is 0 Å². The summed E-state index contributed by atoms with van der Waals surface area (Å²) in [5.74, 6) is -0.198. The van der Waals surface area contributed by atoms with E-state index in [2.05, 4.69) is 26.2 Å². The molecule has 2 fully saturated rings. The normalized spacial score (nSPS) is 46.7. The van der Waals surface area contributed by atoms with E-state index in [0.717, 1.165) is 18.4 Å². The Labute approximate surface area is 107 Å². The Morgan fingerprint density at radius 1 is 1.50 bits per heavy atom. The van der Waals surface area contributed by atoms with Gasteiger partial charge in [-0.3, -0.25) is 0 Å². The van der Waals surface area contributed by atoms with Crippen molar-refractivity contribution in [3.8, 4) is 0 Å². The minimum absolute atomic E-state index is 0.000509. The number of aliphatic hydroxyl groups is 1. The second kappa shape index (κ2) is 3.58. The molecule has 2 aliphatic carbocycles. The van der Waals surface area contributed by atoms with Crippen molar-refractivity contribution in [2.24, 2.45) is 17.3 Å². The van der Waals surface area contributed by atoms with Crippen LogP contribution in [0.15, 0.2) is 36.5 Å². The van der Waals surface area contributed by atoms with Crippen LogP contribution in [0, 0.1) is 17.3 Å². The molecule has 18 heavy (non-hydrogen) atoms. The fourth-order valence-electron chi connectivity index (χ4n) is 3.71. The van der Waals surface area contributed by atoms with Gasteiger partial charge in [-0.05, 0) is 23.8 Å². The first kappa shape index (κ1) is 11.7. The summed E-state index contributed by atoms with van der Waals surface area (Å²) in [6.45, 7) is 10.0. The number of rotatable bonds is 0. The molecule has 0 bridgehead atoms. The van der Waals surface area contributed by atoms with E-state index in [1.165, 1.54) is 0 Å². The van der Waals surface area contributed by atoms with Crippen LogP contribution in [0.25, 0.3) is 0 Å². The van der Waals surface area contributed by atoms with E-state index in [4.69, 9.17) is 4.74 Å². The number of hydrogen-bond donors (Lipinski definition) is 1. The molecule has 1 saturated carbocycles. The zero-order chi connectivity index (χ0) is 13.1. The van der Waals surface area contributed by atoms with E-state index in [-0.39, 0.29) is 29.3 Å². The van der Waals surface area contributed by atoms with Gasteiger partial charge < -0.3 is 9.84 Å². The molecule has 5 atom stereocenters. The molecule has 0 unspecified atom stereocenters. The average Bonchev–Trinajstić information content (AvgIpc) is 2.60. The Morgan fingerprint density at radius 3 is 2.94 bits per heavy atom. The van der Waals surface area contributed by atoms with Crippen molar-refractivity contribution in [3.05, 3.63) is 36.5 Å². The first-order valence-corrected chi connectivity index (χ1v) is 6.40. The zero-order valence-corrected chi connectivity index (χ0v) is 10.6. The van der Waals surface area contributed by atoms with E-state index in [9.17, 15) is 9.90 Å². The predicted molar refractivity (Wildman–Crippen MR) is 67.6 cm³/mol. The smallest absolute Gasteiger partial charge is 0.334 e. The highest BCUT2D eigenvalue weighted by atomic mass is 16.6. The molecule has 0 amide bonds. The number of carbonyl (C=O) groups is 1. The van der Waals surface area contributed by atoms with E-state index in [1.54, 1.807) is 6.08 Å². The van der Waals surface area contributed by atoms with E-state index >= 15 is 0 Å². The van der Waals surface area contributed by atoms with Crippen LogP contribution in [0.4, 0.5) is 0 Å². The standard InChI is InChI=1S/C15H18O3/c1-8-10-4-6-15(3)7-5-11(16)9(2)12(15)13(10)18-14(8)17/h5,7,10-13,16H,1-2,4,6H2,3H3/t10-,11+,12-,13-,15-/m0/s1. The third kappa shape index (κ3) is 1.37. The molecule has 0 aromatic rings. The van der Waals surface area contributed by atoms with Crippen molar-refractivity contribution < 1.29 is 14.6 Å². The molecule has 0 aromatic carbocycles. The summed E-state index contributed by atoms with van der Waals surface area (Å²) < 4.78 is 5.49. The van der Waals surface area contributed by atoms with Gasteiger partial charge in [-0.25, -0.2) is 4.79 Å². The second-order valence-electron chi connectivity index (χ2n) is 5.90. The third-order valence-electron chi connectivity index (χ3n) is 4.82. The minimum atomic E-state index is -0.630. The Balaban J connectivity index is 2.03. The summed E-state index contributed by atoms with van der Waals surface area (Å²) in [5, 5.41) is 9.93. The highest BCUT2D eigenvalue weighted by Crippen LogP contribution is 2.54. The molecule has 3 heteroatoms. The molecule has 0 aromatic heterocycles. The summed E-state index contributed by atoms with van der Waals surface area (Å²) in [6, 6.07) is 0. The van der Waals surface area contributed by atoms with Crippen LogP contribution in [0.1, 0.15) is 19.8 Å². The van der Waals surface area contributed by atoms with Crippen molar-refractivity contribution in [1.29, 1.82) is 0 Å². The van der Waals surface area contributed by atoms with Crippen molar-refractivity contribution in [2.45, 2.75) is 32.0 Å². The van der Waals surface area contributed by atoms with Gasteiger partial charge in [0, 0.05) is 17.4 Å². The zero-order valence-electron chi connectivity index (χ0n) is 10.6. The van der Waals surface area contributed by atoms with Gasteiger partial charge in [0.05, 0.1) is 6.10 Å². The Hall–Kier alpha value is -1.35. The molecule has 3 nitrogen and oxygen atoms in total. The molecule has 96 valence electrons. The maximum absolute atomic E-state index is 11.7. The number of ether oxygens (including phenoxy) is 1. The number of allylic oxidation sites excluding steroid dienone is 1. The van der Waals surface area contributed by atoms with Crippen LogP contribution in [-0.2, 0) is 9.53 Å². The summed E-state index contributed by atoms with van der Waals surface area (Å²) in [6.07, 6.45) is 4.91. The Bertz CT molecular complexity index is 476. The molecular formula is C15H18O3. The molecule has 1 saturated heterocycles. The van der Waals surface area contributed by atoms with Crippen LogP contribution >= 0.6 is 0 Å². The lowest BCUT2D eigenvalue weighted by Gasteiger charge is -2.48. The lowest BCUT2D eigenvalue weighted by molar-refractivity contribution is -0.143. The Kier molecular flexibility index (Phi) is 2.33. The topological polar surface area (TPSA) is 46.5 Å². The third-order valence-corrected chi connectivity index (χ3v) is 4.82. The van der Waals surface area contributed by atoms with Gasteiger partial charge in [-0.1, -0.05) is 32.2 Å². The lowest BCUT2D eigenvalue weighted by atomic mass is 9.57. The number of esters is 1. The van der Waals surface area contributed by atoms with Crippen molar-refractivity contribution in [3.63, 3.8) is 0 Å². The van der Waals surface area contributed by atoms with Gasteiger partial charge in [0.25, 0.3) is 0 Å². The summed E-state index contributed by atoms with van der Waals surface area (Å²) in [7, 11) is 0. The van der Waals surface area contributed by atoms with Gasteiger partial charge in [0.1, 0.15) is 6.10 Å². The quantitative estimate of drug-likeness (QED) is 0.404. The monoisotopic (exact) mass is 246 g/mol. The largest absolute Gasteiger partial charge is 0.458 e. The fraction of sp³-hybridized carbons (Fsp3) is 0.533. The highest BCUT2D eigenvalue weighted by molar-refractivity contribution is 5.91. The SMILES string of the molecule is C=C1C(=O)O[C@H]2[C@H]1CC[C@@]1(C)C=C[C@@H](O)C(=C)[C@@H]21. The average molecular weight is 246 g/mol. The summed E-state index contributed by atoms with van der Waals surface area (Å²) >= 11 is 0. The fourth-order valence-corrected chi connectivity index (χ4v) is 3.71. The van der Waals surface area contributed by atoms with Crippen LogP contribution in [0.5, 0.6) is 0 Å². The van der Waals surface area contributed by atoms with Gasteiger partial charge in [-0.15, -0.1) is 0 Å². The molecule has 3 rings (SSSR count). The lowest BCUT2D eigenvalue weighted by Crippen LogP contribution is -2.47. The molecule has 0 spiro atoms. The molecule has 1 N–H and O–H groups in total. The predicted octanol–water partition coefficient (Wildman–Crippen LogP) is 1.99. The number of carbonyl (C=O) groups excluding carboxylic acids is 1. The minimum Gasteiger partial charge on any atom is -0.458 e. The number of aliphatic hydroxyl groups excluding tert-OH is 1. The number of hydrogen-bond acceptors (Lipinski definition) is 3. The van der Waals surface area contributed by atoms with Gasteiger partial charge in [0.15, 0.2) is 0 Å². The van der Waals surface area contributed by atoms with E-state index in [0.29, 0.717) is 5.57 Å². The number of fused-ring (bicyclic) bond motifs is 3.